The maximum atomic E-state index is 13.9. The minimum absolute atomic E-state index is 0.0156. The molecule has 0 bridgehead atoms. The summed E-state index contributed by atoms with van der Waals surface area (Å²) < 4.78 is 142. The number of amides is 1. The molecule has 20 nitrogen and oxygen atoms in total. The van der Waals surface area contributed by atoms with Crippen LogP contribution in [0.5, 0.6) is 5.75 Å². The highest BCUT2D eigenvalue weighted by Crippen LogP contribution is 2.34. The Labute approximate surface area is 485 Å². The smallest absolute Gasteiger partial charge is 0.313 e. The molecule has 2 heterocycles. The lowest BCUT2D eigenvalue weighted by Crippen LogP contribution is -2.46. The molecule has 83 heavy (non-hydrogen) atoms. The Hall–Kier alpha value is -5.00. The second-order valence-corrected chi connectivity index (χ2v) is 21.2. The molecule has 0 atom stereocenters. The lowest BCUT2D eigenvalue weighted by molar-refractivity contribution is -0.136. The number of rotatable bonds is 43. The van der Waals surface area contributed by atoms with Crippen LogP contribution in [0, 0.1) is 23.3 Å². The first-order valence-electron chi connectivity index (χ1n) is 28.3. The number of likely N-dealkylation sites (N-methyl/N-ethyl adjacent to an activating group) is 1. The van der Waals surface area contributed by atoms with Crippen LogP contribution in [0.3, 0.4) is 0 Å². The van der Waals surface area contributed by atoms with Crippen molar-refractivity contribution in [3.05, 3.63) is 82.9 Å². The van der Waals surface area contributed by atoms with Crippen LogP contribution in [-0.2, 0) is 67.0 Å². The van der Waals surface area contributed by atoms with Crippen LogP contribution in [0.25, 0.3) is 17.2 Å². The summed E-state index contributed by atoms with van der Waals surface area (Å²) in [6.45, 7) is 14.1. The van der Waals surface area contributed by atoms with Crippen molar-refractivity contribution in [1.29, 1.82) is 0 Å². The first-order valence-corrected chi connectivity index (χ1v) is 29.8. The molecule has 2 N–H and O–H groups in total. The van der Waals surface area contributed by atoms with E-state index in [1.165, 1.54) is 0 Å². The summed E-state index contributed by atoms with van der Waals surface area (Å²) in [6, 6.07) is 13.0. The molecule has 0 aromatic heterocycles. The second kappa shape index (κ2) is 38.8. The van der Waals surface area contributed by atoms with Crippen molar-refractivity contribution in [2.24, 2.45) is 10.7 Å². The normalized spacial score (nSPS) is 14.2. The molecule has 1 fully saturated rings. The van der Waals surface area contributed by atoms with Crippen molar-refractivity contribution in [2.75, 3.05) is 172 Å². The summed E-state index contributed by atoms with van der Waals surface area (Å²) in [7, 11) is -1.70. The number of aliphatic imine (C=N–C) groups is 1. The van der Waals surface area contributed by atoms with Gasteiger partial charge in [-0.1, -0.05) is 38.1 Å². The number of amidine groups is 1. The van der Waals surface area contributed by atoms with Gasteiger partial charge < -0.3 is 67.6 Å². The fourth-order valence-corrected chi connectivity index (χ4v) is 10.2. The monoisotopic (exact) mass is 1200 g/mol. The number of nitrogens with zero attached hydrogens (tertiary/aromatic N) is 4. The fraction of sp³-hybridized carbons (Fsp3) is 0.603. The Morgan fingerprint density at radius 1 is 0.614 bits per heavy atom. The average molecular weight is 1200 g/mol. The van der Waals surface area contributed by atoms with E-state index >= 15 is 0 Å². The standard InChI is InChI=1S/C58H83F4N5O15S/c1-4-14-66(15-5-2)58(69)47-39-46-10-9-45(41-52(46)64-53(63)42-47)44-7-6-8-49(40-44)83(70,71)67-16-11-48(12-17-67)65(3)18-20-73-22-24-75-26-28-77-30-32-79-34-36-81-38-37-80-35-33-78-31-29-76-27-25-74-23-21-72-19-13-54(68)82-57-55(61)50(59)43-51(60)56(57)62/h6-10,39-41,43,48H,4-5,11-38,42H2,1-3H3,(H2,63,64). The number of esters is 1. The maximum absolute atomic E-state index is 13.9. The van der Waals surface area contributed by atoms with E-state index in [2.05, 4.69) is 28.5 Å². The highest BCUT2D eigenvalue weighted by Gasteiger charge is 2.31. The summed E-state index contributed by atoms with van der Waals surface area (Å²) in [5.41, 5.74) is 9.90. The molecule has 25 heteroatoms. The van der Waals surface area contributed by atoms with Gasteiger partial charge in [-0.05, 0) is 68.1 Å². The van der Waals surface area contributed by atoms with Crippen LogP contribution >= 0.6 is 0 Å². The minimum Gasteiger partial charge on any atom is -0.420 e. The lowest BCUT2D eigenvalue weighted by atomic mass is 10.0. The van der Waals surface area contributed by atoms with Gasteiger partial charge in [-0.3, -0.25) is 9.59 Å². The van der Waals surface area contributed by atoms with Gasteiger partial charge in [0.2, 0.25) is 33.3 Å². The number of carbonyl (C=O) groups excluding carboxylic acids is 2. The Balaban J connectivity index is 0.774. The van der Waals surface area contributed by atoms with E-state index in [1.54, 1.807) is 22.5 Å². The van der Waals surface area contributed by atoms with E-state index in [9.17, 15) is 35.6 Å². The summed E-state index contributed by atoms with van der Waals surface area (Å²) in [5.74, 6) is -9.20. The number of halogens is 4. The molecule has 0 radical (unpaired) electrons. The molecule has 3 aromatic rings. The summed E-state index contributed by atoms with van der Waals surface area (Å²) in [4.78, 5) is 34.2. The molecule has 1 saturated heterocycles. The largest absolute Gasteiger partial charge is 0.420 e. The lowest BCUT2D eigenvalue weighted by Gasteiger charge is -2.36. The number of benzene rings is 3. The Kier molecular flexibility index (Phi) is 32.2. The van der Waals surface area contributed by atoms with Gasteiger partial charge in [-0.15, -0.1) is 0 Å². The van der Waals surface area contributed by atoms with Crippen LogP contribution in [0.2, 0.25) is 0 Å². The van der Waals surface area contributed by atoms with Gasteiger partial charge in [-0.2, -0.15) is 13.1 Å². The van der Waals surface area contributed by atoms with Crippen molar-refractivity contribution in [1.82, 2.24) is 14.1 Å². The molecule has 0 unspecified atom stereocenters. The van der Waals surface area contributed by atoms with Crippen LogP contribution < -0.4 is 10.5 Å². The van der Waals surface area contributed by atoms with Crippen molar-refractivity contribution < 1.29 is 87.7 Å². The third-order valence-electron chi connectivity index (χ3n) is 13.1. The molecule has 0 spiro atoms. The number of carbonyl (C=O) groups is 2. The molecule has 464 valence electrons. The molecule has 1 amide bonds. The zero-order valence-corrected chi connectivity index (χ0v) is 48.9. The van der Waals surface area contributed by atoms with E-state index in [1.807, 2.05) is 42.3 Å². The average Bonchev–Trinajstić information content (AvgIpc) is 3.80. The number of hydrogen-bond acceptors (Lipinski definition) is 18. The third-order valence-corrected chi connectivity index (χ3v) is 15.0. The third kappa shape index (κ3) is 24.5. The second-order valence-electron chi connectivity index (χ2n) is 19.3. The van der Waals surface area contributed by atoms with E-state index in [-0.39, 0.29) is 55.8 Å². The van der Waals surface area contributed by atoms with Gasteiger partial charge in [0.25, 0.3) is 0 Å². The predicted molar refractivity (Wildman–Crippen MR) is 302 cm³/mol. The number of piperidine rings is 1. The van der Waals surface area contributed by atoms with Gasteiger partial charge in [0, 0.05) is 62.4 Å². The van der Waals surface area contributed by atoms with E-state index in [0.717, 1.165) is 29.5 Å². The molecule has 0 saturated carbocycles. The van der Waals surface area contributed by atoms with Crippen molar-refractivity contribution in [3.8, 4) is 16.9 Å². The number of nitrogens with two attached hydrogens (primary N) is 1. The molecule has 3 aromatic carbocycles. The van der Waals surface area contributed by atoms with Gasteiger partial charge in [-0.25, -0.2) is 22.2 Å². The van der Waals surface area contributed by atoms with Gasteiger partial charge in [0.05, 0.1) is 149 Å². The fourth-order valence-electron chi connectivity index (χ4n) is 8.71. The first kappa shape index (κ1) is 68.8. The van der Waals surface area contributed by atoms with Gasteiger partial charge >= 0.3 is 5.97 Å². The van der Waals surface area contributed by atoms with Crippen LogP contribution in [0.15, 0.2) is 64.0 Å². The van der Waals surface area contributed by atoms with Gasteiger partial charge in [0.1, 0.15) is 5.84 Å². The summed E-state index contributed by atoms with van der Waals surface area (Å²) >= 11 is 0. The summed E-state index contributed by atoms with van der Waals surface area (Å²) in [5, 5.41) is 0. The Morgan fingerprint density at radius 2 is 1.07 bits per heavy atom. The number of ether oxygens (including phenoxy) is 11. The van der Waals surface area contributed by atoms with E-state index in [0.29, 0.717) is 168 Å². The number of hydrogen-bond donors (Lipinski definition) is 1. The van der Waals surface area contributed by atoms with Crippen molar-refractivity contribution in [2.45, 2.75) is 63.3 Å². The van der Waals surface area contributed by atoms with Crippen molar-refractivity contribution >= 4 is 39.5 Å². The van der Waals surface area contributed by atoms with E-state index < -0.39 is 51.4 Å². The van der Waals surface area contributed by atoms with Crippen LogP contribution in [0.4, 0.5) is 23.2 Å². The highest BCUT2D eigenvalue weighted by atomic mass is 32.2. The Bertz CT molecular complexity index is 2560. The summed E-state index contributed by atoms with van der Waals surface area (Å²) in [6.07, 6.45) is 4.87. The predicted octanol–water partition coefficient (Wildman–Crippen LogP) is 6.58. The zero-order chi connectivity index (χ0) is 59.7. The molecular weight excluding hydrogens is 1110 g/mol. The first-order chi connectivity index (χ1) is 40.2. The highest BCUT2D eigenvalue weighted by molar-refractivity contribution is 7.89. The molecule has 2 aliphatic rings. The number of fused-ring (bicyclic) bond motifs is 1. The van der Waals surface area contributed by atoms with Gasteiger partial charge in [0.15, 0.2) is 11.6 Å². The van der Waals surface area contributed by atoms with Crippen LogP contribution in [0.1, 0.15) is 57.9 Å². The zero-order valence-electron chi connectivity index (χ0n) is 48.1. The SMILES string of the molecule is CCCN(CCC)C(=O)C1=Cc2ccc(-c3cccc(S(=O)(=O)N4CCC(N(C)CCOCCOCCOCCOCCOCCOCCOCCOCCOCCOCCC(=O)Oc5c(F)c(F)cc(F)c5F)CC4)c3)cc2N=C(N)C1. The Morgan fingerprint density at radius 3 is 1.55 bits per heavy atom. The molecule has 2 aliphatic heterocycles. The molecule has 0 aliphatic carbocycles. The topological polar surface area (TPSA) is 218 Å². The maximum Gasteiger partial charge on any atom is 0.313 e. The minimum atomic E-state index is -3.74. The molecule has 5 rings (SSSR count). The van der Waals surface area contributed by atoms with E-state index in [4.69, 9.17) is 53.1 Å². The van der Waals surface area contributed by atoms with Crippen LogP contribution in [-0.4, -0.2) is 218 Å². The molecular formula is C58H83F4N5O15S. The van der Waals surface area contributed by atoms with Crippen molar-refractivity contribution in [3.63, 3.8) is 0 Å². The quantitative estimate of drug-likeness (QED) is 0.0208. The number of sulfonamides is 1.